The fraction of sp³-hybridized carbons (Fsp3) is 0.227. The Bertz CT molecular complexity index is 1270. The van der Waals surface area contributed by atoms with Gasteiger partial charge in [-0.3, -0.25) is 14.2 Å². The van der Waals surface area contributed by atoms with E-state index >= 15 is 0 Å². The van der Waals surface area contributed by atoms with E-state index < -0.39 is 0 Å². The number of amides is 1. The van der Waals surface area contributed by atoms with Crippen molar-refractivity contribution in [3.05, 3.63) is 76.3 Å². The van der Waals surface area contributed by atoms with Gasteiger partial charge in [-0.25, -0.2) is 4.98 Å². The molecule has 2 aromatic carbocycles. The highest BCUT2D eigenvalue weighted by Crippen LogP contribution is 2.34. The van der Waals surface area contributed by atoms with Crippen LogP contribution in [0.25, 0.3) is 22.1 Å². The first kappa shape index (κ1) is 16.7. The minimum absolute atomic E-state index is 0.0438. The van der Waals surface area contributed by atoms with E-state index in [0.29, 0.717) is 11.1 Å². The highest BCUT2D eigenvalue weighted by atomic mass is 16.3. The lowest BCUT2D eigenvalue weighted by Crippen LogP contribution is -2.35. The Balaban J connectivity index is 1.45. The number of aromatic nitrogens is 2. The van der Waals surface area contributed by atoms with Gasteiger partial charge in [0.1, 0.15) is 17.6 Å². The van der Waals surface area contributed by atoms with Crippen LogP contribution in [-0.4, -0.2) is 27.4 Å². The molecule has 1 unspecified atom stereocenters. The topological polar surface area (TPSA) is 68.3 Å². The van der Waals surface area contributed by atoms with Gasteiger partial charge in [0.05, 0.1) is 12.4 Å². The molecule has 0 saturated carbocycles. The summed E-state index contributed by atoms with van der Waals surface area (Å²) < 4.78 is 7.02. The molecule has 0 spiro atoms. The normalized spacial score (nSPS) is 15.8. The van der Waals surface area contributed by atoms with Crippen LogP contribution in [0.5, 0.6) is 0 Å². The molecule has 1 aliphatic carbocycles. The van der Waals surface area contributed by atoms with E-state index in [1.807, 2.05) is 30.3 Å². The molecule has 1 atom stereocenters. The maximum Gasteiger partial charge on any atom is 0.297 e. The average Bonchev–Trinajstić information content (AvgIpc) is 3.31. The van der Waals surface area contributed by atoms with Crippen LogP contribution in [0.2, 0.25) is 0 Å². The first-order chi connectivity index (χ1) is 13.6. The van der Waals surface area contributed by atoms with Crippen molar-refractivity contribution in [1.29, 1.82) is 0 Å². The summed E-state index contributed by atoms with van der Waals surface area (Å²) in [6.45, 7) is -0.0615. The van der Waals surface area contributed by atoms with Gasteiger partial charge in [-0.2, -0.15) is 0 Å². The number of aryl methyl sites for hydroxylation is 1. The van der Waals surface area contributed by atoms with E-state index in [0.717, 1.165) is 18.2 Å². The van der Waals surface area contributed by atoms with E-state index in [-0.39, 0.29) is 29.6 Å². The average molecular weight is 373 g/mol. The van der Waals surface area contributed by atoms with Gasteiger partial charge in [0, 0.05) is 12.4 Å². The van der Waals surface area contributed by atoms with Gasteiger partial charge in [0.25, 0.3) is 5.56 Å². The monoisotopic (exact) mass is 373 g/mol. The zero-order valence-corrected chi connectivity index (χ0v) is 15.5. The highest BCUT2D eigenvalue weighted by Gasteiger charge is 2.28. The molecule has 0 bridgehead atoms. The summed E-state index contributed by atoms with van der Waals surface area (Å²) in [4.78, 5) is 31.8. The maximum atomic E-state index is 12.9. The van der Waals surface area contributed by atoms with E-state index in [1.165, 1.54) is 22.0 Å². The standard InChI is InChI=1S/C22H19N3O3/c1-24(17-11-10-14-6-2-3-7-15(14)17)19(26)12-25-13-23-20-16-8-4-5-9-18(16)28-21(20)22(25)27/h2-9,13,17H,10-12H2,1H3. The molecular weight excluding hydrogens is 354 g/mol. The predicted molar refractivity (Wildman–Crippen MR) is 106 cm³/mol. The van der Waals surface area contributed by atoms with Gasteiger partial charge in [0.15, 0.2) is 0 Å². The fourth-order valence-electron chi connectivity index (χ4n) is 4.10. The zero-order chi connectivity index (χ0) is 19.3. The summed E-state index contributed by atoms with van der Waals surface area (Å²) in [7, 11) is 1.80. The lowest BCUT2D eigenvalue weighted by molar-refractivity contribution is -0.132. The molecule has 5 rings (SSSR count). The van der Waals surface area contributed by atoms with Crippen LogP contribution in [0.1, 0.15) is 23.6 Å². The summed E-state index contributed by atoms with van der Waals surface area (Å²) in [5.74, 6) is -0.124. The number of carbonyl (C=O) groups excluding carboxylic acids is 1. The third kappa shape index (κ3) is 2.52. The van der Waals surface area contributed by atoms with Crippen molar-refractivity contribution < 1.29 is 9.21 Å². The van der Waals surface area contributed by atoms with E-state index in [4.69, 9.17) is 4.42 Å². The molecule has 0 saturated heterocycles. The van der Waals surface area contributed by atoms with Crippen LogP contribution in [0.3, 0.4) is 0 Å². The Morgan fingerprint density at radius 3 is 2.89 bits per heavy atom. The van der Waals surface area contributed by atoms with Gasteiger partial charge < -0.3 is 9.32 Å². The Morgan fingerprint density at radius 1 is 1.21 bits per heavy atom. The summed E-state index contributed by atoms with van der Waals surface area (Å²) in [5.41, 5.74) is 3.47. The Morgan fingerprint density at radius 2 is 2.00 bits per heavy atom. The molecule has 28 heavy (non-hydrogen) atoms. The van der Waals surface area contributed by atoms with Crippen LogP contribution in [-0.2, 0) is 17.8 Å². The first-order valence-corrected chi connectivity index (χ1v) is 9.33. The Labute approximate surface area is 161 Å². The van der Waals surface area contributed by atoms with Crippen molar-refractivity contribution >= 4 is 28.0 Å². The number of benzene rings is 2. The molecule has 0 aliphatic heterocycles. The summed E-state index contributed by atoms with van der Waals surface area (Å²) in [6, 6.07) is 15.6. The molecule has 0 fully saturated rings. The second-order valence-corrected chi connectivity index (χ2v) is 7.21. The van der Waals surface area contributed by atoms with Crippen molar-refractivity contribution in [3.8, 4) is 0 Å². The number of nitrogens with zero attached hydrogens (tertiary/aromatic N) is 3. The number of fused-ring (bicyclic) bond motifs is 4. The number of furan rings is 1. The molecule has 4 aromatic rings. The third-order valence-electron chi connectivity index (χ3n) is 5.62. The van der Waals surface area contributed by atoms with E-state index in [9.17, 15) is 9.59 Å². The molecule has 6 nitrogen and oxygen atoms in total. The minimum atomic E-state index is -0.338. The van der Waals surface area contributed by atoms with Gasteiger partial charge in [-0.05, 0) is 36.1 Å². The van der Waals surface area contributed by atoms with Crippen molar-refractivity contribution in [1.82, 2.24) is 14.5 Å². The second-order valence-electron chi connectivity index (χ2n) is 7.21. The van der Waals surface area contributed by atoms with Crippen molar-refractivity contribution in [2.24, 2.45) is 0 Å². The van der Waals surface area contributed by atoms with E-state index in [1.54, 1.807) is 18.0 Å². The third-order valence-corrected chi connectivity index (χ3v) is 5.62. The molecule has 0 N–H and O–H groups in total. The molecular formula is C22H19N3O3. The van der Waals surface area contributed by atoms with Gasteiger partial charge >= 0.3 is 0 Å². The maximum absolute atomic E-state index is 12.9. The van der Waals surface area contributed by atoms with Crippen molar-refractivity contribution in [3.63, 3.8) is 0 Å². The van der Waals surface area contributed by atoms with Gasteiger partial charge in [-0.15, -0.1) is 0 Å². The number of hydrogen-bond acceptors (Lipinski definition) is 4. The predicted octanol–water partition coefficient (Wildman–Crippen LogP) is 3.29. The molecule has 6 heteroatoms. The molecule has 140 valence electrons. The zero-order valence-electron chi connectivity index (χ0n) is 15.5. The smallest absolute Gasteiger partial charge is 0.297 e. The van der Waals surface area contributed by atoms with Crippen LogP contribution < -0.4 is 5.56 Å². The van der Waals surface area contributed by atoms with Crippen LogP contribution in [0, 0.1) is 0 Å². The second kappa shape index (κ2) is 6.34. The molecule has 0 radical (unpaired) electrons. The van der Waals surface area contributed by atoms with Gasteiger partial charge in [0.2, 0.25) is 11.5 Å². The number of para-hydroxylation sites is 1. The summed E-state index contributed by atoms with van der Waals surface area (Å²) in [6.07, 6.45) is 3.29. The largest absolute Gasteiger partial charge is 0.448 e. The number of likely N-dealkylation sites (N-methyl/N-ethyl adjacent to an activating group) is 1. The number of carbonyl (C=O) groups is 1. The number of rotatable bonds is 3. The molecule has 1 aliphatic rings. The Hall–Kier alpha value is -3.41. The molecule has 1 amide bonds. The van der Waals surface area contributed by atoms with Crippen LogP contribution in [0.4, 0.5) is 0 Å². The van der Waals surface area contributed by atoms with Crippen LogP contribution in [0.15, 0.2) is 64.1 Å². The van der Waals surface area contributed by atoms with Gasteiger partial charge in [-0.1, -0.05) is 36.4 Å². The quantitative estimate of drug-likeness (QED) is 0.553. The first-order valence-electron chi connectivity index (χ1n) is 9.33. The lowest BCUT2D eigenvalue weighted by atomic mass is 10.1. The molecule has 2 aromatic heterocycles. The highest BCUT2D eigenvalue weighted by molar-refractivity contribution is 6.01. The van der Waals surface area contributed by atoms with E-state index in [2.05, 4.69) is 17.1 Å². The number of hydrogen-bond donors (Lipinski definition) is 0. The van der Waals surface area contributed by atoms with Crippen LogP contribution >= 0.6 is 0 Å². The lowest BCUT2D eigenvalue weighted by Gasteiger charge is -2.25. The fourth-order valence-corrected chi connectivity index (χ4v) is 4.10. The summed E-state index contributed by atoms with van der Waals surface area (Å²) >= 11 is 0. The SMILES string of the molecule is CN(C(=O)Cn1cnc2c(oc3ccccc32)c1=O)C1CCc2ccccc21. The van der Waals surface area contributed by atoms with Crippen molar-refractivity contribution in [2.45, 2.75) is 25.4 Å². The van der Waals surface area contributed by atoms with Crippen molar-refractivity contribution in [2.75, 3.05) is 7.05 Å². The Kier molecular flexibility index (Phi) is 3.79. The molecule has 2 heterocycles. The summed E-state index contributed by atoms with van der Waals surface area (Å²) in [5, 5.41) is 0.799. The minimum Gasteiger partial charge on any atom is -0.448 e.